The van der Waals surface area contributed by atoms with Crippen LogP contribution in [-0.4, -0.2) is 36.7 Å². The fourth-order valence-corrected chi connectivity index (χ4v) is 2.76. The first kappa shape index (κ1) is 14.1. The van der Waals surface area contributed by atoms with Crippen LogP contribution in [0, 0.1) is 5.82 Å². The first-order chi connectivity index (χ1) is 10.2. The first-order valence-corrected chi connectivity index (χ1v) is 7.44. The number of anilines is 1. The molecule has 0 radical (unpaired) electrons. The molecule has 110 valence electrons. The van der Waals surface area contributed by atoms with Gasteiger partial charge < -0.3 is 15.4 Å². The number of hydrogen-bond acceptors (Lipinski definition) is 5. The molecule has 2 N–H and O–H groups in total. The number of ether oxygens (including phenoxy) is 1. The molecular formula is C14H14FN3O2S. The normalized spacial score (nSPS) is 18.4. The van der Waals surface area contributed by atoms with Gasteiger partial charge in [-0.05, 0) is 12.1 Å². The van der Waals surface area contributed by atoms with Crippen LogP contribution >= 0.6 is 11.3 Å². The Kier molecular flexibility index (Phi) is 4.23. The van der Waals surface area contributed by atoms with Gasteiger partial charge in [0.15, 0.2) is 5.13 Å². The third-order valence-electron chi connectivity index (χ3n) is 3.09. The molecule has 2 aromatic rings. The standard InChI is InChI=1S/C14H14FN3O2S/c15-10-3-1-2-9(6-10)12-8-21-14(17-12)18-13(19)11-7-20-5-4-16-11/h1-3,6,8,11,16H,4-5,7H2,(H,17,18,19). The number of carbonyl (C=O) groups is 1. The molecule has 1 aliphatic rings. The molecule has 1 aromatic carbocycles. The third kappa shape index (κ3) is 3.44. The Morgan fingerprint density at radius 2 is 2.43 bits per heavy atom. The average Bonchev–Trinajstić information content (AvgIpc) is 2.97. The highest BCUT2D eigenvalue weighted by Crippen LogP contribution is 2.25. The highest BCUT2D eigenvalue weighted by atomic mass is 32.1. The quantitative estimate of drug-likeness (QED) is 0.909. The number of nitrogens with zero attached hydrogens (tertiary/aromatic N) is 1. The van der Waals surface area contributed by atoms with Crippen molar-refractivity contribution in [3.63, 3.8) is 0 Å². The van der Waals surface area contributed by atoms with E-state index in [0.717, 1.165) is 0 Å². The Bertz CT molecular complexity index is 641. The van der Waals surface area contributed by atoms with Crippen LogP contribution in [0.4, 0.5) is 9.52 Å². The molecule has 0 saturated carbocycles. The molecule has 1 aliphatic heterocycles. The minimum Gasteiger partial charge on any atom is -0.378 e. The van der Waals surface area contributed by atoms with Gasteiger partial charge in [-0.1, -0.05) is 12.1 Å². The number of amides is 1. The number of carbonyl (C=O) groups excluding carboxylic acids is 1. The second-order valence-electron chi connectivity index (χ2n) is 4.62. The number of halogens is 1. The van der Waals surface area contributed by atoms with Gasteiger partial charge in [0.25, 0.3) is 0 Å². The summed E-state index contributed by atoms with van der Waals surface area (Å²) in [6, 6.07) is 5.84. The summed E-state index contributed by atoms with van der Waals surface area (Å²) in [4.78, 5) is 16.3. The zero-order valence-electron chi connectivity index (χ0n) is 11.1. The van der Waals surface area contributed by atoms with E-state index in [1.807, 2.05) is 0 Å². The third-order valence-corrected chi connectivity index (χ3v) is 3.85. The molecular weight excluding hydrogens is 293 g/mol. The van der Waals surface area contributed by atoms with E-state index < -0.39 is 0 Å². The van der Waals surface area contributed by atoms with Crippen molar-refractivity contribution in [3.8, 4) is 11.3 Å². The second-order valence-corrected chi connectivity index (χ2v) is 5.48. The van der Waals surface area contributed by atoms with Gasteiger partial charge in [-0.25, -0.2) is 9.37 Å². The predicted octanol–water partition coefficient (Wildman–Crippen LogP) is 1.88. The van der Waals surface area contributed by atoms with Crippen molar-refractivity contribution in [1.82, 2.24) is 10.3 Å². The highest BCUT2D eigenvalue weighted by molar-refractivity contribution is 7.14. The lowest BCUT2D eigenvalue weighted by molar-refractivity contribution is -0.120. The zero-order chi connectivity index (χ0) is 14.7. The molecule has 21 heavy (non-hydrogen) atoms. The molecule has 1 aromatic heterocycles. The van der Waals surface area contributed by atoms with Crippen molar-refractivity contribution in [2.75, 3.05) is 25.1 Å². The van der Waals surface area contributed by atoms with Gasteiger partial charge >= 0.3 is 0 Å². The summed E-state index contributed by atoms with van der Waals surface area (Å²) in [6.07, 6.45) is 0. The minimum atomic E-state index is -0.361. The molecule has 0 bridgehead atoms. The van der Waals surface area contributed by atoms with Crippen LogP contribution in [-0.2, 0) is 9.53 Å². The Balaban J connectivity index is 1.69. The van der Waals surface area contributed by atoms with Crippen molar-refractivity contribution in [1.29, 1.82) is 0 Å². The predicted molar refractivity (Wildman–Crippen MR) is 78.7 cm³/mol. The van der Waals surface area contributed by atoms with Gasteiger partial charge in [0.05, 0.1) is 18.9 Å². The number of nitrogens with one attached hydrogen (secondary N) is 2. The summed E-state index contributed by atoms with van der Waals surface area (Å²) in [7, 11) is 0. The average molecular weight is 307 g/mol. The fourth-order valence-electron chi connectivity index (χ4n) is 2.04. The molecule has 5 nitrogen and oxygen atoms in total. The Hall–Kier alpha value is -1.83. The molecule has 1 fully saturated rings. The number of morpholine rings is 1. The van der Waals surface area contributed by atoms with Crippen molar-refractivity contribution >= 4 is 22.4 Å². The topological polar surface area (TPSA) is 63.2 Å². The molecule has 3 rings (SSSR count). The van der Waals surface area contributed by atoms with E-state index in [1.165, 1.54) is 23.5 Å². The lowest BCUT2D eigenvalue weighted by Gasteiger charge is -2.22. The number of rotatable bonds is 3. The van der Waals surface area contributed by atoms with Gasteiger partial charge in [-0.2, -0.15) is 0 Å². The van der Waals surface area contributed by atoms with Crippen LogP contribution < -0.4 is 10.6 Å². The highest BCUT2D eigenvalue weighted by Gasteiger charge is 2.22. The molecule has 2 heterocycles. The monoisotopic (exact) mass is 307 g/mol. The molecule has 7 heteroatoms. The van der Waals surface area contributed by atoms with E-state index in [-0.39, 0.29) is 17.8 Å². The van der Waals surface area contributed by atoms with Crippen LogP contribution in [0.15, 0.2) is 29.6 Å². The lowest BCUT2D eigenvalue weighted by Crippen LogP contribution is -2.48. The van der Waals surface area contributed by atoms with Crippen LogP contribution in [0.1, 0.15) is 0 Å². The number of thiazole rings is 1. The van der Waals surface area contributed by atoms with Crippen molar-refractivity contribution < 1.29 is 13.9 Å². The zero-order valence-corrected chi connectivity index (χ0v) is 12.0. The number of benzene rings is 1. The Morgan fingerprint density at radius 3 is 3.19 bits per heavy atom. The maximum Gasteiger partial charge on any atom is 0.245 e. The molecule has 1 atom stereocenters. The van der Waals surface area contributed by atoms with Gasteiger partial charge in [0.1, 0.15) is 11.9 Å². The van der Waals surface area contributed by atoms with Crippen LogP contribution in [0.3, 0.4) is 0 Å². The van der Waals surface area contributed by atoms with E-state index in [4.69, 9.17) is 4.74 Å². The molecule has 0 aliphatic carbocycles. The SMILES string of the molecule is O=C(Nc1nc(-c2cccc(F)c2)cs1)C1COCCN1. The maximum atomic E-state index is 13.2. The first-order valence-electron chi connectivity index (χ1n) is 6.56. The summed E-state index contributed by atoms with van der Waals surface area (Å²) >= 11 is 1.31. The number of aromatic nitrogens is 1. The summed E-state index contributed by atoms with van der Waals surface area (Å²) < 4.78 is 18.4. The smallest absolute Gasteiger partial charge is 0.245 e. The summed E-state index contributed by atoms with van der Waals surface area (Å²) in [5, 5.41) is 8.10. The van der Waals surface area contributed by atoms with Gasteiger partial charge in [0.2, 0.25) is 5.91 Å². The van der Waals surface area contributed by atoms with E-state index in [0.29, 0.717) is 36.1 Å². The molecule has 1 unspecified atom stereocenters. The fraction of sp³-hybridized carbons (Fsp3) is 0.286. The van der Waals surface area contributed by atoms with Crippen molar-refractivity contribution in [2.45, 2.75) is 6.04 Å². The van der Waals surface area contributed by atoms with Crippen molar-refractivity contribution in [3.05, 3.63) is 35.5 Å². The molecule has 1 saturated heterocycles. The summed E-state index contributed by atoms with van der Waals surface area (Å²) in [5.41, 5.74) is 1.33. The van der Waals surface area contributed by atoms with Crippen molar-refractivity contribution in [2.24, 2.45) is 0 Å². The van der Waals surface area contributed by atoms with Crippen LogP contribution in [0.2, 0.25) is 0 Å². The van der Waals surface area contributed by atoms with Gasteiger partial charge in [-0.3, -0.25) is 4.79 Å². The largest absolute Gasteiger partial charge is 0.378 e. The molecule has 0 spiro atoms. The maximum absolute atomic E-state index is 13.2. The van der Waals surface area contributed by atoms with E-state index >= 15 is 0 Å². The van der Waals surface area contributed by atoms with Gasteiger partial charge in [-0.15, -0.1) is 11.3 Å². The van der Waals surface area contributed by atoms with E-state index in [9.17, 15) is 9.18 Å². The lowest BCUT2D eigenvalue weighted by atomic mass is 10.2. The molecule has 1 amide bonds. The van der Waals surface area contributed by atoms with Crippen LogP contribution in [0.5, 0.6) is 0 Å². The Morgan fingerprint density at radius 1 is 1.52 bits per heavy atom. The summed E-state index contributed by atoms with van der Waals surface area (Å²) in [5.74, 6) is -0.482. The van der Waals surface area contributed by atoms with Crippen LogP contribution in [0.25, 0.3) is 11.3 Å². The van der Waals surface area contributed by atoms with Gasteiger partial charge in [0, 0.05) is 17.5 Å². The summed E-state index contributed by atoms with van der Waals surface area (Å²) in [6.45, 7) is 1.63. The second kappa shape index (κ2) is 6.30. The Labute approximate surface area is 125 Å². The van der Waals surface area contributed by atoms with E-state index in [1.54, 1.807) is 17.5 Å². The van der Waals surface area contributed by atoms with E-state index in [2.05, 4.69) is 15.6 Å². The minimum absolute atomic E-state index is 0.171. The number of hydrogen-bond donors (Lipinski definition) is 2.